The molecule has 0 unspecified atom stereocenters. The van der Waals surface area contributed by atoms with Crippen LogP contribution in [-0.2, 0) is 19.4 Å². The number of nitrogens with one attached hydrogen (secondary N) is 1. The molecule has 25 heavy (non-hydrogen) atoms. The third-order valence-corrected chi connectivity index (χ3v) is 4.34. The molecule has 3 N–H and O–H groups in total. The summed E-state index contributed by atoms with van der Waals surface area (Å²) in [5, 5.41) is 3.26. The lowest BCUT2D eigenvalue weighted by molar-refractivity contribution is 0.305. The molecule has 5 nitrogen and oxygen atoms in total. The summed E-state index contributed by atoms with van der Waals surface area (Å²) in [4.78, 5) is 8.72. The number of nitrogens with zero attached hydrogens (tertiary/aromatic N) is 2. The Labute approximate surface area is 149 Å². The minimum absolute atomic E-state index is 0.435. The van der Waals surface area contributed by atoms with E-state index in [9.17, 15) is 0 Å². The molecular formula is C20H26N4O. The second kappa shape index (κ2) is 8.51. The van der Waals surface area contributed by atoms with Crippen molar-refractivity contribution in [1.82, 2.24) is 4.98 Å². The van der Waals surface area contributed by atoms with Crippen LogP contribution in [0.15, 0.2) is 41.5 Å². The molecule has 0 amide bonds. The lowest BCUT2D eigenvalue weighted by atomic mass is 9.90. The molecule has 0 spiro atoms. The van der Waals surface area contributed by atoms with E-state index in [2.05, 4.69) is 40.4 Å². The molecule has 1 aromatic heterocycles. The highest BCUT2D eigenvalue weighted by atomic mass is 16.5. The van der Waals surface area contributed by atoms with Crippen LogP contribution >= 0.6 is 0 Å². The summed E-state index contributed by atoms with van der Waals surface area (Å²) < 4.78 is 5.48. The van der Waals surface area contributed by atoms with Crippen molar-refractivity contribution >= 4 is 11.6 Å². The van der Waals surface area contributed by atoms with Crippen LogP contribution in [0.1, 0.15) is 42.9 Å². The van der Waals surface area contributed by atoms with Crippen molar-refractivity contribution in [3.05, 3.63) is 53.2 Å². The Morgan fingerprint density at radius 2 is 2.12 bits per heavy atom. The number of hydrogen-bond donors (Lipinski definition) is 2. The Kier molecular flexibility index (Phi) is 5.88. The van der Waals surface area contributed by atoms with Gasteiger partial charge in [-0.05, 0) is 54.9 Å². The summed E-state index contributed by atoms with van der Waals surface area (Å²) in [6.45, 7) is 3.25. The number of hydrogen-bond acceptors (Lipinski definition) is 3. The van der Waals surface area contributed by atoms with E-state index in [0.29, 0.717) is 25.0 Å². The first kappa shape index (κ1) is 17.3. The summed E-state index contributed by atoms with van der Waals surface area (Å²) >= 11 is 0. The van der Waals surface area contributed by atoms with Gasteiger partial charge in [0.05, 0.1) is 13.2 Å². The van der Waals surface area contributed by atoms with Gasteiger partial charge >= 0.3 is 0 Å². The van der Waals surface area contributed by atoms with Gasteiger partial charge in [-0.15, -0.1) is 0 Å². The number of guanidine groups is 1. The average Bonchev–Trinajstić information content (AvgIpc) is 2.66. The molecule has 0 fully saturated rings. The second-order valence-electron chi connectivity index (χ2n) is 6.33. The number of ether oxygens (including phenoxy) is 1. The maximum absolute atomic E-state index is 6.08. The van der Waals surface area contributed by atoms with E-state index in [1.807, 2.05) is 12.1 Å². The molecule has 3 rings (SSSR count). The van der Waals surface area contributed by atoms with Crippen molar-refractivity contribution < 1.29 is 4.74 Å². The Morgan fingerprint density at radius 1 is 1.24 bits per heavy atom. The molecule has 0 radical (unpaired) electrons. The number of fused-ring (bicyclic) bond motifs is 1. The van der Waals surface area contributed by atoms with Crippen molar-refractivity contribution in [3.8, 4) is 5.88 Å². The van der Waals surface area contributed by atoms with Crippen LogP contribution in [0, 0.1) is 0 Å². The zero-order valence-electron chi connectivity index (χ0n) is 14.8. The topological polar surface area (TPSA) is 72.5 Å². The molecule has 0 atom stereocenters. The minimum Gasteiger partial charge on any atom is -0.478 e. The monoisotopic (exact) mass is 338 g/mol. The number of pyridine rings is 1. The van der Waals surface area contributed by atoms with Crippen LogP contribution < -0.4 is 15.8 Å². The minimum atomic E-state index is 0.435. The fraction of sp³-hybridized carbons (Fsp3) is 0.400. The lowest BCUT2D eigenvalue weighted by Gasteiger charge is -2.19. The van der Waals surface area contributed by atoms with Crippen molar-refractivity contribution in [2.24, 2.45) is 10.7 Å². The van der Waals surface area contributed by atoms with E-state index < -0.39 is 0 Å². The number of aryl methyl sites for hydroxylation is 1. The van der Waals surface area contributed by atoms with Crippen LogP contribution in [0.4, 0.5) is 5.69 Å². The van der Waals surface area contributed by atoms with Gasteiger partial charge in [-0.1, -0.05) is 25.1 Å². The highest BCUT2D eigenvalue weighted by Gasteiger charge is 2.13. The fourth-order valence-electron chi connectivity index (χ4n) is 3.05. The molecule has 2 aromatic rings. The lowest BCUT2D eigenvalue weighted by Crippen LogP contribution is -2.24. The Hall–Kier alpha value is -2.56. The summed E-state index contributed by atoms with van der Waals surface area (Å²) in [5.74, 6) is 1.09. The van der Waals surface area contributed by atoms with Gasteiger partial charge in [-0.2, -0.15) is 0 Å². The van der Waals surface area contributed by atoms with Crippen LogP contribution in [0.5, 0.6) is 5.88 Å². The molecule has 132 valence electrons. The van der Waals surface area contributed by atoms with Crippen LogP contribution in [-0.4, -0.2) is 17.6 Å². The molecular weight excluding hydrogens is 312 g/mol. The number of benzene rings is 1. The molecule has 0 saturated carbocycles. The van der Waals surface area contributed by atoms with Gasteiger partial charge in [-0.3, -0.25) is 0 Å². The maximum Gasteiger partial charge on any atom is 0.213 e. The smallest absolute Gasteiger partial charge is 0.213 e. The van der Waals surface area contributed by atoms with Crippen LogP contribution in [0.3, 0.4) is 0 Å². The molecule has 0 aliphatic heterocycles. The van der Waals surface area contributed by atoms with Crippen molar-refractivity contribution in [3.63, 3.8) is 0 Å². The highest BCUT2D eigenvalue weighted by molar-refractivity contribution is 5.93. The van der Waals surface area contributed by atoms with E-state index in [1.165, 1.54) is 24.0 Å². The molecule has 1 aliphatic rings. The Bertz CT molecular complexity index is 725. The third-order valence-electron chi connectivity index (χ3n) is 4.34. The van der Waals surface area contributed by atoms with Gasteiger partial charge in [0, 0.05) is 18.0 Å². The average molecular weight is 338 g/mol. The normalized spacial score (nSPS) is 14.0. The first-order valence-electron chi connectivity index (χ1n) is 9.01. The fourth-order valence-corrected chi connectivity index (χ4v) is 3.05. The van der Waals surface area contributed by atoms with Crippen molar-refractivity contribution in [2.45, 2.75) is 45.6 Å². The summed E-state index contributed by atoms with van der Waals surface area (Å²) in [6.07, 6.45) is 7.52. The largest absolute Gasteiger partial charge is 0.478 e. The summed E-state index contributed by atoms with van der Waals surface area (Å²) in [7, 11) is 0. The van der Waals surface area contributed by atoms with E-state index >= 15 is 0 Å². The summed E-state index contributed by atoms with van der Waals surface area (Å²) in [5.41, 5.74) is 11.0. The van der Waals surface area contributed by atoms with Crippen LogP contribution in [0.2, 0.25) is 0 Å². The van der Waals surface area contributed by atoms with Crippen molar-refractivity contribution in [2.75, 3.05) is 11.9 Å². The zero-order chi connectivity index (χ0) is 17.5. The maximum atomic E-state index is 6.08. The Balaban J connectivity index is 1.61. The number of anilines is 1. The van der Waals surface area contributed by atoms with Gasteiger partial charge in [-0.25, -0.2) is 9.98 Å². The first-order valence-corrected chi connectivity index (χ1v) is 9.01. The zero-order valence-corrected chi connectivity index (χ0v) is 14.8. The third kappa shape index (κ3) is 4.72. The number of nitrogens with two attached hydrogens (primary N) is 1. The van der Waals surface area contributed by atoms with Crippen molar-refractivity contribution in [1.29, 1.82) is 0 Å². The van der Waals surface area contributed by atoms with E-state index in [-0.39, 0.29) is 0 Å². The quantitative estimate of drug-likeness (QED) is 0.622. The van der Waals surface area contributed by atoms with E-state index in [4.69, 9.17) is 10.5 Å². The molecule has 1 aromatic carbocycles. The second-order valence-corrected chi connectivity index (χ2v) is 6.33. The van der Waals surface area contributed by atoms with Gasteiger partial charge in [0.2, 0.25) is 5.88 Å². The number of aromatic nitrogens is 1. The van der Waals surface area contributed by atoms with E-state index in [1.54, 1.807) is 6.20 Å². The van der Waals surface area contributed by atoms with E-state index in [0.717, 1.165) is 30.5 Å². The molecule has 0 bridgehead atoms. The van der Waals surface area contributed by atoms with Gasteiger partial charge < -0.3 is 15.8 Å². The molecule has 1 heterocycles. The standard InChI is InChI=1S/C20H26N4O/c1-2-12-25-19-11-10-15(13-22-19)14-23-20(21)24-18-9-5-7-16-6-3-4-8-17(16)18/h5,7,9-11,13H,2-4,6,8,12,14H2,1H3,(H3,21,23,24). The number of rotatable bonds is 6. The van der Waals surface area contributed by atoms with Crippen LogP contribution in [0.25, 0.3) is 0 Å². The SMILES string of the molecule is CCCOc1ccc(CN=C(N)Nc2cccc3c2CCCC3)cn1. The predicted octanol–water partition coefficient (Wildman–Crippen LogP) is 3.68. The Morgan fingerprint density at radius 3 is 2.92 bits per heavy atom. The molecule has 0 saturated heterocycles. The molecule has 1 aliphatic carbocycles. The van der Waals surface area contributed by atoms with Gasteiger partial charge in [0.25, 0.3) is 0 Å². The first-order chi connectivity index (χ1) is 12.3. The van der Waals surface area contributed by atoms with Gasteiger partial charge in [0.1, 0.15) is 0 Å². The van der Waals surface area contributed by atoms with Gasteiger partial charge in [0.15, 0.2) is 5.96 Å². The number of aliphatic imine (C=N–C) groups is 1. The summed E-state index contributed by atoms with van der Waals surface area (Å²) in [6, 6.07) is 10.2. The predicted molar refractivity (Wildman–Crippen MR) is 102 cm³/mol. The molecule has 5 heteroatoms. The highest BCUT2D eigenvalue weighted by Crippen LogP contribution is 2.27.